The van der Waals surface area contributed by atoms with Crippen LogP contribution in [0.1, 0.15) is 30.9 Å². The molecule has 0 aromatic heterocycles. The number of rotatable bonds is 11. The number of benzene rings is 3. The average Bonchev–Trinajstić information content (AvgIpc) is 2.85. The van der Waals surface area contributed by atoms with E-state index in [1.54, 1.807) is 48.2 Å². The van der Waals surface area contributed by atoms with E-state index in [4.69, 9.17) is 23.2 Å². The van der Waals surface area contributed by atoms with Gasteiger partial charge in [0.05, 0.1) is 20.6 Å². The SMILES string of the molecule is CC(C)c1ccc(N(CC(=O)NCCSCc2ccc(Cl)c(Cl)c2)S(=O)(=O)c2ccccc2)cc1. The van der Waals surface area contributed by atoms with Crippen molar-refractivity contribution in [2.45, 2.75) is 30.4 Å². The van der Waals surface area contributed by atoms with Crippen LogP contribution in [-0.2, 0) is 20.6 Å². The van der Waals surface area contributed by atoms with E-state index in [0.717, 1.165) is 21.2 Å². The quantitative estimate of drug-likeness (QED) is 0.282. The fraction of sp³-hybridized carbons (Fsp3) is 0.269. The molecule has 9 heteroatoms. The molecule has 3 aromatic carbocycles. The second-order valence-electron chi connectivity index (χ2n) is 8.22. The summed E-state index contributed by atoms with van der Waals surface area (Å²) in [6.45, 7) is 4.24. The third-order valence-corrected chi connectivity index (χ3v) is 8.84. The van der Waals surface area contributed by atoms with E-state index >= 15 is 0 Å². The summed E-state index contributed by atoms with van der Waals surface area (Å²) in [7, 11) is -3.92. The molecule has 0 radical (unpaired) electrons. The maximum absolute atomic E-state index is 13.4. The number of hydrogen-bond donors (Lipinski definition) is 1. The highest BCUT2D eigenvalue weighted by molar-refractivity contribution is 7.98. The van der Waals surface area contributed by atoms with Gasteiger partial charge in [0.1, 0.15) is 6.54 Å². The van der Waals surface area contributed by atoms with E-state index in [1.165, 1.54) is 12.1 Å². The number of carbonyl (C=O) groups is 1. The lowest BCUT2D eigenvalue weighted by Crippen LogP contribution is -2.41. The molecule has 0 fully saturated rings. The van der Waals surface area contributed by atoms with Crippen LogP contribution in [-0.4, -0.2) is 33.2 Å². The van der Waals surface area contributed by atoms with Crippen molar-refractivity contribution in [1.29, 1.82) is 0 Å². The van der Waals surface area contributed by atoms with Gasteiger partial charge in [0.2, 0.25) is 5.91 Å². The van der Waals surface area contributed by atoms with Crippen LogP contribution in [0.4, 0.5) is 5.69 Å². The van der Waals surface area contributed by atoms with Crippen LogP contribution < -0.4 is 9.62 Å². The second kappa shape index (κ2) is 12.7. The molecule has 5 nitrogen and oxygen atoms in total. The van der Waals surface area contributed by atoms with Crippen molar-refractivity contribution in [3.63, 3.8) is 0 Å². The van der Waals surface area contributed by atoms with Gasteiger partial charge in [0.25, 0.3) is 10.0 Å². The van der Waals surface area contributed by atoms with Gasteiger partial charge in [-0.05, 0) is 53.4 Å². The number of anilines is 1. The summed E-state index contributed by atoms with van der Waals surface area (Å²) >= 11 is 13.6. The fourth-order valence-electron chi connectivity index (χ4n) is 3.33. The standard InChI is InChI=1S/C26H28Cl2N2O3S2/c1-19(2)21-9-11-22(12-10-21)30(35(32,33)23-6-4-3-5-7-23)17-26(31)29-14-15-34-18-20-8-13-24(27)25(28)16-20/h3-13,16,19H,14-15,17-18H2,1-2H3,(H,29,31). The van der Waals surface area contributed by atoms with E-state index < -0.39 is 10.0 Å². The van der Waals surface area contributed by atoms with Crippen molar-refractivity contribution >= 4 is 56.6 Å². The average molecular weight is 552 g/mol. The van der Waals surface area contributed by atoms with E-state index in [-0.39, 0.29) is 17.3 Å². The minimum Gasteiger partial charge on any atom is -0.354 e. The molecule has 0 heterocycles. The second-order valence-corrected chi connectivity index (χ2v) is 12.0. The predicted octanol–water partition coefficient (Wildman–Crippen LogP) is 6.36. The molecular formula is C26H28Cl2N2O3S2. The van der Waals surface area contributed by atoms with Crippen molar-refractivity contribution in [3.8, 4) is 0 Å². The highest BCUT2D eigenvalue weighted by atomic mass is 35.5. The molecule has 3 aromatic rings. The van der Waals surface area contributed by atoms with Crippen LogP contribution in [0.15, 0.2) is 77.7 Å². The van der Waals surface area contributed by atoms with Gasteiger partial charge >= 0.3 is 0 Å². The number of nitrogens with one attached hydrogen (secondary N) is 1. The molecule has 0 unspecified atom stereocenters. The number of hydrogen-bond acceptors (Lipinski definition) is 4. The Balaban J connectivity index is 1.64. The third-order valence-electron chi connectivity index (χ3n) is 5.29. The van der Waals surface area contributed by atoms with E-state index in [1.807, 2.05) is 24.3 Å². The molecule has 0 bridgehead atoms. The van der Waals surface area contributed by atoms with Crippen LogP contribution >= 0.6 is 35.0 Å². The number of halogens is 2. The van der Waals surface area contributed by atoms with Gasteiger partial charge in [-0.3, -0.25) is 9.10 Å². The summed E-state index contributed by atoms with van der Waals surface area (Å²) in [5, 5.41) is 3.86. The molecule has 0 aliphatic rings. The first kappa shape index (κ1) is 27.4. The Hall–Kier alpha value is -2.19. The first-order valence-electron chi connectivity index (χ1n) is 11.1. The lowest BCUT2D eigenvalue weighted by Gasteiger charge is -2.24. The molecule has 1 amide bonds. The van der Waals surface area contributed by atoms with Gasteiger partial charge < -0.3 is 5.32 Å². The van der Waals surface area contributed by atoms with Crippen LogP contribution in [0.2, 0.25) is 10.0 Å². The van der Waals surface area contributed by atoms with E-state index in [2.05, 4.69) is 19.2 Å². The number of amides is 1. The maximum atomic E-state index is 13.4. The van der Waals surface area contributed by atoms with E-state index in [9.17, 15) is 13.2 Å². The zero-order valence-corrected chi connectivity index (χ0v) is 22.7. The van der Waals surface area contributed by atoms with Crippen molar-refractivity contribution in [2.75, 3.05) is 23.1 Å². The first-order valence-corrected chi connectivity index (χ1v) is 14.5. The number of thioether (sulfide) groups is 1. The molecule has 0 saturated heterocycles. The molecule has 3 rings (SSSR count). The topological polar surface area (TPSA) is 66.5 Å². The largest absolute Gasteiger partial charge is 0.354 e. The molecule has 35 heavy (non-hydrogen) atoms. The highest BCUT2D eigenvalue weighted by Gasteiger charge is 2.27. The zero-order valence-electron chi connectivity index (χ0n) is 19.6. The smallest absolute Gasteiger partial charge is 0.264 e. The van der Waals surface area contributed by atoms with Gasteiger partial charge in [-0.15, -0.1) is 0 Å². The summed E-state index contributed by atoms with van der Waals surface area (Å²) in [5.74, 6) is 1.34. The summed E-state index contributed by atoms with van der Waals surface area (Å²) in [6, 6.07) is 20.9. The Bertz CT molecular complexity index is 1240. The third kappa shape index (κ3) is 7.64. The first-order chi connectivity index (χ1) is 16.7. The Morgan fingerprint density at radius 1 is 0.971 bits per heavy atom. The number of sulfonamides is 1. The highest BCUT2D eigenvalue weighted by Crippen LogP contribution is 2.26. The monoisotopic (exact) mass is 550 g/mol. The molecule has 0 spiro atoms. The van der Waals surface area contributed by atoms with Crippen molar-refractivity contribution in [3.05, 3.63) is 94.0 Å². The normalized spacial score (nSPS) is 11.5. The molecule has 0 saturated carbocycles. The molecular weight excluding hydrogens is 523 g/mol. The summed E-state index contributed by atoms with van der Waals surface area (Å²) in [6.07, 6.45) is 0. The number of carbonyl (C=O) groups excluding carboxylic acids is 1. The Morgan fingerprint density at radius 2 is 1.66 bits per heavy atom. The summed E-state index contributed by atoms with van der Waals surface area (Å²) in [4.78, 5) is 12.9. The molecule has 0 aliphatic heterocycles. The van der Waals surface area contributed by atoms with Gasteiger partial charge in [-0.1, -0.05) is 73.4 Å². The van der Waals surface area contributed by atoms with Crippen LogP contribution in [0.5, 0.6) is 0 Å². The Kier molecular flexibility index (Phi) is 9.92. The van der Waals surface area contributed by atoms with Gasteiger partial charge in [0, 0.05) is 18.1 Å². The van der Waals surface area contributed by atoms with Crippen LogP contribution in [0, 0.1) is 0 Å². The van der Waals surface area contributed by atoms with Gasteiger partial charge in [-0.2, -0.15) is 11.8 Å². The Labute approximate surface area is 221 Å². The van der Waals surface area contributed by atoms with Gasteiger partial charge in [-0.25, -0.2) is 8.42 Å². The van der Waals surface area contributed by atoms with E-state index in [0.29, 0.717) is 33.9 Å². The fourth-order valence-corrected chi connectivity index (χ4v) is 5.90. The van der Waals surface area contributed by atoms with Gasteiger partial charge in [0.15, 0.2) is 0 Å². The lowest BCUT2D eigenvalue weighted by atomic mass is 10.0. The molecule has 0 atom stereocenters. The molecule has 0 aliphatic carbocycles. The minimum atomic E-state index is -3.92. The molecule has 1 N–H and O–H groups in total. The summed E-state index contributed by atoms with van der Waals surface area (Å²) < 4.78 is 27.9. The molecule has 186 valence electrons. The predicted molar refractivity (Wildman–Crippen MR) is 147 cm³/mol. The summed E-state index contributed by atoms with van der Waals surface area (Å²) in [5.41, 5.74) is 2.58. The van der Waals surface area contributed by atoms with Crippen LogP contribution in [0.3, 0.4) is 0 Å². The van der Waals surface area contributed by atoms with Crippen molar-refractivity contribution in [2.24, 2.45) is 0 Å². The van der Waals surface area contributed by atoms with Crippen LogP contribution in [0.25, 0.3) is 0 Å². The Morgan fingerprint density at radius 3 is 2.29 bits per heavy atom. The van der Waals surface area contributed by atoms with Crippen molar-refractivity contribution in [1.82, 2.24) is 5.32 Å². The lowest BCUT2D eigenvalue weighted by molar-refractivity contribution is -0.119. The maximum Gasteiger partial charge on any atom is 0.264 e. The number of nitrogens with zero attached hydrogens (tertiary/aromatic N) is 1. The minimum absolute atomic E-state index is 0.137. The zero-order chi connectivity index (χ0) is 25.4. The van der Waals surface area contributed by atoms with Crippen molar-refractivity contribution < 1.29 is 13.2 Å².